The van der Waals surface area contributed by atoms with Crippen LogP contribution >= 0.6 is 23.4 Å². The monoisotopic (exact) mass is 544 g/mol. The number of unbranched alkanes of at least 4 members (excludes halogenated alkanes) is 3. The van der Waals surface area contributed by atoms with Crippen molar-refractivity contribution in [1.29, 1.82) is 0 Å². The highest BCUT2D eigenvalue weighted by Gasteiger charge is 2.40. The van der Waals surface area contributed by atoms with Crippen LogP contribution < -0.4 is 4.90 Å². The Morgan fingerprint density at radius 1 is 1.31 bits per heavy atom. The predicted molar refractivity (Wildman–Crippen MR) is 139 cm³/mol. The molecule has 1 unspecified atom stereocenters. The molecule has 2 aromatic rings. The largest absolute Gasteiger partial charge is 0.481 e. The lowest BCUT2D eigenvalue weighted by molar-refractivity contribution is -0.137. The second-order valence-electron chi connectivity index (χ2n) is 8.37. The van der Waals surface area contributed by atoms with Crippen LogP contribution in [-0.4, -0.2) is 27.5 Å². The first-order valence-electron chi connectivity index (χ1n) is 11.8. The standard InChI is InChI=1S/C20H18ClF3N2O3S.C6H14/c1-11-17(8-18-25-9-15(29-18)4-6-19(27)28)30-10-13-7-14(21)3-5-16(13)26(11)12(2)20(22,23)24;1-3-5-6-4-2/h3,5,7,9,17H,1-2,4,6,8,10H2,(H,27,28);3-6H2,1-2H3. The molecule has 0 amide bonds. The van der Waals surface area contributed by atoms with Crippen LogP contribution in [0.25, 0.3) is 0 Å². The van der Waals surface area contributed by atoms with Gasteiger partial charge in [-0.05, 0) is 23.8 Å². The van der Waals surface area contributed by atoms with E-state index in [0.717, 1.165) is 4.90 Å². The highest BCUT2D eigenvalue weighted by atomic mass is 35.5. The van der Waals surface area contributed by atoms with Gasteiger partial charge in [-0.1, -0.05) is 64.3 Å². The molecule has 0 bridgehead atoms. The van der Waals surface area contributed by atoms with Crippen LogP contribution in [-0.2, 0) is 23.4 Å². The summed E-state index contributed by atoms with van der Waals surface area (Å²) in [6.07, 6.45) is 2.60. The Balaban J connectivity index is 0.000000678. The SMILES string of the molecule is C=C1C(Cc2ncc(CCC(=O)O)o2)SCc2cc(Cl)ccc2N1C(=C)C(F)(F)F.CCCCCC. The average Bonchev–Trinajstić information content (AvgIpc) is 3.22. The predicted octanol–water partition coefficient (Wildman–Crippen LogP) is 8.19. The van der Waals surface area contributed by atoms with E-state index in [4.69, 9.17) is 21.1 Å². The fourth-order valence-corrected chi connectivity index (χ4v) is 4.91. The number of carbonyl (C=O) groups is 1. The topological polar surface area (TPSA) is 66.6 Å². The second kappa shape index (κ2) is 13.8. The number of benzene rings is 1. The maximum atomic E-state index is 13.5. The fourth-order valence-electron chi connectivity index (χ4n) is 3.54. The van der Waals surface area contributed by atoms with Crippen molar-refractivity contribution in [2.24, 2.45) is 0 Å². The van der Waals surface area contributed by atoms with Crippen LogP contribution in [0.5, 0.6) is 0 Å². The van der Waals surface area contributed by atoms with E-state index >= 15 is 0 Å². The van der Waals surface area contributed by atoms with Gasteiger partial charge in [-0.15, -0.1) is 11.8 Å². The van der Waals surface area contributed by atoms with E-state index in [1.807, 2.05) is 0 Å². The van der Waals surface area contributed by atoms with Crippen LogP contribution in [0.15, 0.2) is 53.4 Å². The number of oxazole rings is 1. The third-order valence-electron chi connectivity index (χ3n) is 5.48. The van der Waals surface area contributed by atoms with Crippen molar-refractivity contribution in [3.05, 3.63) is 71.2 Å². The summed E-state index contributed by atoms with van der Waals surface area (Å²) in [4.78, 5) is 15.9. The van der Waals surface area contributed by atoms with Crippen molar-refractivity contribution in [2.45, 2.75) is 76.0 Å². The van der Waals surface area contributed by atoms with Gasteiger partial charge in [-0.2, -0.15) is 13.2 Å². The molecular formula is C26H32ClF3N2O3S. The fraction of sp³-hybridized carbons (Fsp3) is 0.462. The van der Waals surface area contributed by atoms with Gasteiger partial charge < -0.3 is 14.4 Å². The Kier molecular flexibility index (Phi) is 11.4. The Hall–Kier alpha value is -2.39. The Bertz CT molecular complexity index is 1050. The number of fused-ring (bicyclic) bond motifs is 1. The molecule has 3 rings (SSSR count). The molecule has 1 aliphatic rings. The van der Waals surface area contributed by atoms with Gasteiger partial charge in [0.15, 0.2) is 5.89 Å². The van der Waals surface area contributed by atoms with Gasteiger partial charge in [0.2, 0.25) is 0 Å². The molecule has 1 aromatic carbocycles. The quantitative estimate of drug-likeness (QED) is 0.321. The lowest BCUT2D eigenvalue weighted by atomic mass is 10.1. The highest BCUT2D eigenvalue weighted by molar-refractivity contribution is 7.99. The first-order valence-corrected chi connectivity index (χ1v) is 13.2. The minimum Gasteiger partial charge on any atom is -0.481 e. The number of rotatable bonds is 9. The van der Waals surface area contributed by atoms with Crippen LogP contribution in [0.2, 0.25) is 5.02 Å². The van der Waals surface area contributed by atoms with E-state index in [1.165, 1.54) is 55.8 Å². The summed E-state index contributed by atoms with van der Waals surface area (Å²) in [6.45, 7) is 11.6. The zero-order chi connectivity index (χ0) is 26.9. The van der Waals surface area contributed by atoms with Gasteiger partial charge in [0.25, 0.3) is 0 Å². The Morgan fingerprint density at radius 2 is 1.97 bits per heavy atom. The molecule has 10 heteroatoms. The summed E-state index contributed by atoms with van der Waals surface area (Å²) in [5, 5.41) is 8.72. The van der Waals surface area contributed by atoms with Gasteiger partial charge in [0.05, 0.1) is 17.9 Å². The summed E-state index contributed by atoms with van der Waals surface area (Å²) >= 11 is 7.44. The molecule has 0 spiro atoms. The summed E-state index contributed by atoms with van der Waals surface area (Å²) in [6, 6.07) is 4.68. The minimum atomic E-state index is -4.65. The molecule has 1 aliphatic heterocycles. The Morgan fingerprint density at radius 3 is 2.56 bits per heavy atom. The number of aromatic nitrogens is 1. The molecule has 36 heavy (non-hydrogen) atoms. The van der Waals surface area contributed by atoms with Crippen molar-refractivity contribution in [3.63, 3.8) is 0 Å². The summed E-state index contributed by atoms with van der Waals surface area (Å²) in [7, 11) is 0. The van der Waals surface area contributed by atoms with Gasteiger partial charge in [0.1, 0.15) is 11.5 Å². The van der Waals surface area contributed by atoms with Crippen LogP contribution in [0, 0.1) is 0 Å². The van der Waals surface area contributed by atoms with Crippen molar-refractivity contribution < 1.29 is 27.5 Å². The van der Waals surface area contributed by atoms with Gasteiger partial charge in [-0.25, -0.2) is 4.98 Å². The average molecular weight is 545 g/mol. The van der Waals surface area contributed by atoms with Crippen LogP contribution in [0.3, 0.4) is 0 Å². The van der Waals surface area contributed by atoms with Crippen LogP contribution in [0.1, 0.15) is 63.2 Å². The van der Waals surface area contributed by atoms with Gasteiger partial charge in [0, 0.05) is 35.0 Å². The number of aliphatic carboxylic acids is 1. The molecule has 0 radical (unpaired) electrons. The number of halogens is 4. The van der Waals surface area contributed by atoms with Crippen LogP contribution in [0.4, 0.5) is 18.9 Å². The number of hydrogen-bond donors (Lipinski definition) is 1. The highest BCUT2D eigenvalue weighted by Crippen LogP contribution is 2.43. The number of anilines is 1. The number of allylic oxidation sites excluding steroid dienone is 1. The molecule has 2 heterocycles. The lowest BCUT2D eigenvalue weighted by Crippen LogP contribution is -2.34. The number of carboxylic acids is 1. The zero-order valence-electron chi connectivity index (χ0n) is 20.5. The molecule has 1 N–H and O–H groups in total. The van der Waals surface area contributed by atoms with Crippen molar-refractivity contribution in [3.8, 4) is 0 Å². The maximum absolute atomic E-state index is 13.5. The second-order valence-corrected chi connectivity index (χ2v) is 10.00. The zero-order valence-corrected chi connectivity index (χ0v) is 22.1. The number of alkyl halides is 3. The summed E-state index contributed by atoms with van der Waals surface area (Å²) in [5.74, 6) is 0.158. The van der Waals surface area contributed by atoms with E-state index < -0.39 is 23.1 Å². The summed E-state index contributed by atoms with van der Waals surface area (Å²) in [5.41, 5.74) is 0.124. The summed E-state index contributed by atoms with van der Waals surface area (Å²) < 4.78 is 46.2. The normalized spacial score (nSPS) is 15.6. The number of thioether (sulfide) groups is 1. The molecule has 0 saturated heterocycles. The lowest BCUT2D eigenvalue weighted by Gasteiger charge is -2.32. The number of carboxylic acid groups (broad SMARTS) is 1. The molecule has 1 aromatic heterocycles. The van der Waals surface area contributed by atoms with Crippen molar-refractivity contribution >= 4 is 35.0 Å². The molecule has 1 atom stereocenters. The van der Waals surface area contributed by atoms with E-state index in [9.17, 15) is 18.0 Å². The van der Waals surface area contributed by atoms with Crippen molar-refractivity contribution in [1.82, 2.24) is 4.98 Å². The third kappa shape index (κ3) is 8.62. The number of nitrogens with zero attached hydrogens (tertiary/aromatic N) is 2. The van der Waals surface area contributed by atoms with Gasteiger partial charge in [-0.3, -0.25) is 4.79 Å². The number of aryl methyl sites for hydroxylation is 1. The maximum Gasteiger partial charge on any atom is 0.431 e. The van der Waals surface area contributed by atoms with E-state index in [2.05, 4.69) is 32.0 Å². The van der Waals surface area contributed by atoms with E-state index in [0.29, 0.717) is 33.7 Å². The number of hydrogen-bond acceptors (Lipinski definition) is 5. The molecule has 198 valence electrons. The third-order valence-corrected chi connectivity index (χ3v) is 7.04. The van der Waals surface area contributed by atoms with Gasteiger partial charge >= 0.3 is 12.1 Å². The first kappa shape index (κ1) is 29.8. The smallest absolute Gasteiger partial charge is 0.431 e. The minimum absolute atomic E-state index is 0.102. The first-order chi connectivity index (χ1) is 17.0. The molecular weight excluding hydrogens is 513 g/mol. The van der Waals surface area contributed by atoms with Crippen molar-refractivity contribution in [2.75, 3.05) is 4.90 Å². The molecule has 5 nitrogen and oxygen atoms in total. The van der Waals surface area contributed by atoms with E-state index in [1.54, 1.807) is 6.07 Å². The molecule has 0 aliphatic carbocycles. The van der Waals surface area contributed by atoms with E-state index in [-0.39, 0.29) is 25.0 Å². The molecule has 0 fully saturated rings. The molecule has 0 saturated carbocycles. The Labute approximate surface area is 219 Å².